The zero-order valence-electron chi connectivity index (χ0n) is 15.4. The zero-order chi connectivity index (χ0) is 20.0. The fourth-order valence-electron chi connectivity index (χ4n) is 2.34. The van der Waals surface area contributed by atoms with E-state index in [2.05, 4.69) is 24.4 Å². The van der Waals surface area contributed by atoms with Crippen LogP contribution in [-0.2, 0) is 14.8 Å². The van der Waals surface area contributed by atoms with Gasteiger partial charge in [0.2, 0.25) is 10.0 Å². The summed E-state index contributed by atoms with van der Waals surface area (Å²) in [5, 5.41) is 3.84. The smallest absolute Gasteiger partial charge is 0.260 e. The number of benzene rings is 2. The highest BCUT2D eigenvalue weighted by molar-refractivity contribution is 7.92. The molecule has 0 bridgehead atoms. The Balaban J connectivity index is 2.03. The van der Waals surface area contributed by atoms with Crippen LogP contribution in [0, 0.1) is 5.82 Å². The van der Waals surface area contributed by atoms with Crippen LogP contribution in [-0.4, -0.2) is 33.3 Å². The van der Waals surface area contributed by atoms with Gasteiger partial charge in [0, 0.05) is 0 Å². The van der Waals surface area contributed by atoms with Gasteiger partial charge in [0.25, 0.3) is 5.91 Å². The van der Waals surface area contributed by atoms with Crippen molar-refractivity contribution in [2.45, 2.75) is 19.8 Å². The van der Waals surface area contributed by atoms with Gasteiger partial charge in [-0.3, -0.25) is 9.10 Å². The van der Waals surface area contributed by atoms with E-state index in [1.807, 2.05) is 24.3 Å². The van der Waals surface area contributed by atoms with Crippen molar-refractivity contribution in [3.05, 3.63) is 65.5 Å². The Morgan fingerprint density at radius 2 is 1.89 bits per heavy atom. The maximum atomic E-state index is 13.4. The molecule has 2 aromatic rings. The first-order valence-electron chi connectivity index (χ1n) is 8.32. The molecule has 2 aromatic carbocycles. The predicted octanol–water partition coefficient (Wildman–Crippen LogP) is 2.87. The van der Waals surface area contributed by atoms with Crippen LogP contribution in [0.15, 0.2) is 53.6 Å². The molecule has 1 amide bonds. The molecular weight excluding hydrogens is 369 g/mol. The molecule has 0 aliphatic carbocycles. The van der Waals surface area contributed by atoms with Crippen LogP contribution in [0.25, 0.3) is 0 Å². The van der Waals surface area contributed by atoms with Crippen LogP contribution in [0.5, 0.6) is 0 Å². The van der Waals surface area contributed by atoms with Crippen LogP contribution in [0.3, 0.4) is 0 Å². The Kier molecular flexibility index (Phi) is 6.68. The summed E-state index contributed by atoms with van der Waals surface area (Å²) in [4.78, 5) is 12.1. The second-order valence-electron chi connectivity index (χ2n) is 6.36. The van der Waals surface area contributed by atoms with Gasteiger partial charge in [0.15, 0.2) is 0 Å². The topological polar surface area (TPSA) is 78.8 Å². The average Bonchev–Trinajstić information content (AvgIpc) is 2.59. The van der Waals surface area contributed by atoms with E-state index < -0.39 is 28.3 Å². The maximum Gasteiger partial charge on any atom is 0.260 e. The summed E-state index contributed by atoms with van der Waals surface area (Å²) >= 11 is 0. The number of rotatable bonds is 7. The second kappa shape index (κ2) is 8.77. The van der Waals surface area contributed by atoms with Crippen LogP contribution in [0.1, 0.15) is 30.9 Å². The fourth-order valence-corrected chi connectivity index (χ4v) is 3.19. The molecule has 2 rings (SSSR count). The number of carbonyl (C=O) groups excluding carboxylic acids is 1. The van der Waals surface area contributed by atoms with Crippen LogP contribution >= 0.6 is 0 Å². The molecular formula is C19H22FN3O3S. The largest absolute Gasteiger partial charge is 0.271 e. The molecule has 0 heterocycles. The fraction of sp³-hybridized carbons (Fsp3) is 0.263. The minimum atomic E-state index is -3.77. The number of hydrogen-bond donors (Lipinski definition) is 1. The normalized spacial score (nSPS) is 11.7. The summed E-state index contributed by atoms with van der Waals surface area (Å²) < 4.78 is 38.1. The summed E-state index contributed by atoms with van der Waals surface area (Å²) in [5.74, 6) is -0.815. The van der Waals surface area contributed by atoms with Crippen molar-refractivity contribution in [3.63, 3.8) is 0 Å². The molecule has 0 radical (unpaired) electrons. The van der Waals surface area contributed by atoms with E-state index in [1.54, 1.807) is 0 Å². The Labute approximate surface area is 158 Å². The quantitative estimate of drug-likeness (QED) is 0.582. The van der Waals surface area contributed by atoms with Crippen LogP contribution in [0.2, 0.25) is 0 Å². The Morgan fingerprint density at radius 1 is 1.22 bits per heavy atom. The third-order valence-corrected chi connectivity index (χ3v) is 4.93. The molecule has 144 valence electrons. The Morgan fingerprint density at radius 3 is 2.44 bits per heavy atom. The van der Waals surface area contributed by atoms with Gasteiger partial charge < -0.3 is 0 Å². The van der Waals surface area contributed by atoms with Crippen molar-refractivity contribution in [3.8, 4) is 0 Å². The number of hydrogen-bond acceptors (Lipinski definition) is 4. The van der Waals surface area contributed by atoms with Gasteiger partial charge in [-0.05, 0) is 35.2 Å². The van der Waals surface area contributed by atoms with E-state index in [-0.39, 0.29) is 5.69 Å². The van der Waals surface area contributed by atoms with E-state index in [1.165, 1.54) is 30.0 Å². The van der Waals surface area contributed by atoms with Crippen molar-refractivity contribution in [1.82, 2.24) is 5.43 Å². The number of nitrogens with one attached hydrogen (secondary N) is 1. The van der Waals surface area contributed by atoms with E-state index in [4.69, 9.17) is 0 Å². The van der Waals surface area contributed by atoms with Crippen LogP contribution < -0.4 is 9.73 Å². The van der Waals surface area contributed by atoms with Gasteiger partial charge in [-0.15, -0.1) is 0 Å². The molecule has 0 spiro atoms. The van der Waals surface area contributed by atoms with E-state index in [0.717, 1.165) is 22.2 Å². The molecule has 0 aromatic heterocycles. The number of sulfonamides is 1. The molecule has 0 atom stereocenters. The number of amides is 1. The molecule has 0 unspecified atom stereocenters. The summed E-state index contributed by atoms with van der Waals surface area (Å²) in [6, 6.07) is 12.7. The third kappa shape index (κ3) is 6.18. The first-order chi connectivity index (χ1) is 12.7. The highest BCUT2D eigenvalue weighted by Gasteiger charge is 2.21. The van der Waals surface area contributed by atoms with Crippen molar-refractivity contribution in [1.29, 1.82) is 0 Å². The SMILES string of the molecule is CC(C)c1ccc(/C=N\NC(=O)CN(c2cccc(F)c2)S(C)(=O)=O)cc1. The third-order valence-electron chi connectivity index (χ3n) is 3.79. The Hall–Kier alpha value is -2.74. The van der Waals surface area contributed by atoms with Crippen molar-refractivity contribution >= 4 is 27.8 Å². The zero-order valence-corrected chi connectivity index (χ0v) is 16.2. The monoisotopic (exact) mass is 391 g/mol. The highest BCUT2D eigenvalue weighted by Crippen LogP contribution is 2.18. The van der Waals surface area contributed by atoms with E-state index in [0.29, 0.717) is 5.92 Å². The summed E-state index contributed by atoms with van der Waals surface area (Å²) in [6.07, 6.45) is 2.42. The molecule has 1 N–H and O–H groups in total. The lowest BCUT2D eigenvalue weighted by molar-refractivity contribution is -0.119. The van der Waals surface area contributed by atoms with E-state index >= 15 is 0 Å². The van der Waals surface area contributed by atoms with Gasteiger partial charge in [0.1, 0.15) is 12.4 Å². The maximum absolute atomic E-state index is 13.4. The second-order valence-corrected chi connectivity index (χ2v) is 8.27. The van der Waals surface area contributed by atoms with Gasteiger partial charge in [0.05, 0.1) is 18.2 Å². The minimum Gasteiger partial charge on any atom is -0.271 e. The standard InChI is InChI=1S/C19H22FN3O3S/c1-14(2)16-9-7-15(8-10-16)12-21-22-19(24)13-23(27(3,25)26)18-6-4-5-17(20)11-18/h4-12,14H,13H2,1-3H3,(H,22,24)/b21-12-. The number of halogens is 1. The van der Waals surface area contributed by atoms with Crippen LogP contribution in [0.4, 0.5) is 10.1 Å². The number of anilines is 1. The summed E-state index contributed by atoms with van der Waals surface area (Å²) in [6.45, 7) is 3.68. The number of hydrazone groups is 1. The Bertz CT molecular complexity index is 925. The highest BCUT2D eigenvalue weighted by atomic mass is 32.2. The van der Waals surface area contributed by atoms with Crippen molar-refractivity contribution in [2.24, 2.45) is 5.10 Å². The van der Waals surface area contributed by atoms with E-state index in [9.17, 15) is 17.6 Å². The molecule has 8 heteroatoms. The lowest BCUT2D eigenvalue weighted by Gasteiger charge is -2.21. The van der Waals surface area contributed by atoms with Crippen molar-refractivity contribution < 1.29 is 17.6 Å². The lowest BCUT2D eigenvalue weighted by atomic mass is 10.0. The molecule has 0 saturated carbocycles. The minimum absolute atomic E-state index is 0.0703. The summed E-state index contributed by atoms with van der Waals surface area (Å²) in [7, 11) is -3.77. The molecule has 0 fully saturated rings. The molecule has 27 heavy (non-hydrogen) atoms. The van der Waals surface area contributed by atoms with Gasteiger partial charge in [-0.25, -0.2) is 18.2 Å². The molecule has 6 nitrogen and oxygen atoms in total. The van der Waals surface area contributed by atoms with Crippen molar-refractivity contribution in [2.75, 3.05) is 17.1 Å². The molecule has 0 aliphatic rings. The lowest BCUT2D eigenvalue weighted by Crippen LogP contribution is -2.39. The van der Waals surface area contributed by atoms with Gasteiger partial charge >= 0.3 is 0 Å². The van der Waals surface area contributed by atoms with Gasteiger partial charge in [-0.2, -0.15) is 5.10 Å². The summed E-state index contributed by atoms with van der Waals surface area (Å²) in [5.41, 5.74) is 4.34. The van der Waals surface area contributed by atoms with Gasteiger partial charge in [-0.1, -0.05) is 44.2 Å². The first-order valence-corrected chi connectivity index (χ1v) is 10.2. The number of carbonyl (C=O) groups is 1. The number of nitrogens with zero attached hydrogens (tertiary/aromatic N) is 2. The predicted molar refractivity (Wildman–Crippen MR) is 105 cm³/mol. The first kappa shape index (κ1) is 20.6. The molecule has 0 aliphatic heterocycles. The molecule has 0 saturated heterocycles. The average molecular weight is 391 g/mol.